The number of ether oxygens (including phenoxy) is 2. The van der Waals surface area contributed by atoms with Crippen LogP contribution in [0.15, 0.2) is 12.1 Å². The molecular weight excluding hydrogens is 536 g/mol. The number of carboxylic acids is 1. The van der Waals surface area contributed by atoms with Gasteiger partial charge in [-0.2, -0.15) is 0 Å². The molecule has 0 unspecified atom stereocenters. The fourth-order valence-corrected chi connectivity index (χ4v) is 5.85. The lowest BCUT2D eigenvalue weighted by molar-refractivity contribution is -0.188. The normalized spacial score (nSPS) is 22.5. The molecule has 226 valence electrons. The third-order valence-electron chi connectivity index (χ3n) is 7.92. The molecule has 13 heteroatoms. The molecule has 0 aliphatic carbocycles. The van der Waals surface area contributed by atoms with Crippen LogP contribution in [-0.2, 0) is 25.8 Å². The van der Waals surface area contributed by atoms with Gasteiger partial charge in [0, 0.05) is 57.2 Å². The van der Waals surface area contributed by atoms with Gasteiger partial charge in [0.15, 0.2) is 11.5 Å². The Labute approximate surface area is 239 Å². The summed E-state index contributed by atoms with van der Waals surface area (Å²) in [5, 5.41) is 21.8. The molecule has 0 saturated carbocycles. The average Bonchev–Trinajstić information content (AvgIpc) is 3.57. The number of likely N-dealkylation sites (tertiary alicyclic amines) is 1. The number of hydroxylamine groups is 2. The second-order valence-electron chi connectivity index (χ2n) is 10.6. The summed E-state index contributed by atoms with van der Waals surface area (Å²) in [7, 11) is 1.43. The molecule has 3 aliphatic rings. The number of aliphatic hydroxyl groups is 1. The van der Waals surface area contributed by atoms with Gasteiger partial charge in [0.1, 0.15) is 0 Å². The number of aliphatic hydroxyl groups excluding tert-OH is 1. The van der Waals surface area contributed by atoms with E-state index in [1.54, 1.807) is 17.0 Å². The number of fused-ring (bicyclic) bond motifs is 1. The van der Waals surface area contributed by atoms with Gasteiger partial charge in [0.2, 0.25) is 12.7 Å². The van der Waals surface area contributed by atoms with Gasteiger partial charge in [0.25, 0.3) is 5.91 Å². The van der Waals surface area contributed by atoms with E-state index in [0.29, 0.717) is 42.2 Å². The summed E-state index contributed by atoms with van der Waals surface area (Å²) in [5.41, 5.74) is 1.16. The summed E-state index contributed by atoms with van der Waals surface area (Å²) in [4.78, 5) is 61.0. The molecule has 0 bridgehead atoms. The van der Waals surface area contributed by atoms with Crippen LogP contribution in [0.25, 0.3) is 0 Å². The fourth-order valence-electron chi connectivity index (χ4n) is 5.85. The van der Waals surface area contributed by atoms with E-state index in [-0.39, 0.29) is 64.2 Å². The molecule has 3 atom stereocenters. The number of rotatable bonds is 13. The summed E-state index contributed by atoms with van der Waals surface area (Å²) in [6.45, 7) is 5.09. The number of hydrogen-bond donors (Lipinski definition) is 2. The minimum absolute atomic E-state index is 0.00784. The quantitative estimate of drug-likeness (QED) is 0.332. The summed E-state index contributed by atoms with van der Waals surface area (Å²) < 4.78 is 11.0. The monoisotopic (exact) mass is 576 g/mol. The predicted octanol–water partition coefficient (Wildman–Crippen LogP) is 1.63. The molecule has 0 spiro atoms. The van der Waals surface area contributed by atoms with Crippen molar-refractivity contribution in [2.24, 2.45) is 5.92 Å². The topological polar surface area (TPSA) is 149 Å². The number of carbonyl (C=O) groups excluding carboxylic acids is 3. The highest BCUT2D eigenvalue weighted by molar-refractivity contribution is 5.96. The van der Waals surface area contributed by atoms with Crippen LogP contribution in [0.5, 0.6) is 11.5 Å². The molecule has 3 aliphatic heterocycles. The second-order valence-corrected chi connectivity index (χ2v) is 10.6. The molecule has 1 aromatic rings. The van der Waals surface area contributed by atoms with Crippen molar-refractivity contribution in [3.8, 4) is 11.5 Å². The number of nitrogens with zero attached hydrogens (tertiary/aromatic N) is 4. The highest BCUT2D eigenvalue weighted by Crippen LogP contribution is 2.44. The zero-order chi connectivity index (χ0) is 29.7. The Kier molecular flexibility index (Phi) is 10.1. The maximum absolute atomic E-state index is 13.4. The SMILES string of the molecule is CCCON(CCC)C(=O)CN1C[C@H](c2cc(CO)c3c(c2)OCO3)[C@@H](C(=O)O)[C@@H]1CCN1CCC(=O)N(C)C1=O. The van der Waals surface area contributed by atoms with Crippen LogP contribution in [0.3, 0.4) is 0 Å². The smallest absolute Gasteiger partial charge is 0.326 e. The van der Waals surface area contributed by atoms with E-state index in [9.17, 15) is 29.4 Å². The number of hydrogen-bond acceptors (Lipinski definition) is 9. The van der Waals surface area contributed by atoms with Gasteiger partial charge >= 0.3 is 12.0 Å². The zero-order valence-electron chi connectivity index (χ0n) is 23.9. The Hall–Kier alpha value is -3.42. The molecule has 1 aromatic carbocycles. The molecule has 2 N–H and O–H groups in total. The van der Waals surface area contributed by atoms with E-state index in [0.717, 1.165) is 11.3 Å². The zero-order valence-corrected chi connectivity index (χ0v) is 23.9. The maximum Gasteiger partial charge on any atom is 0.326 e. The van der Waals surface area contributed by atoms with Crippen molar-refractivity contribution in [3.05, 3.63) is 23.3 Å². The molecule has 41 heavy (non-hydrogen) atoms. The molecule has 2 fully saturated rings. The third-order valence-corrected chi connectivity index (χ3v) is 7.92. The number of benzene rings is 1. The Balaban J connectivity index is 1.63. The molecule has 4 rings (SSSR count). The van der Waals surface area contributed by atoms with Crippen molar-refractivity contribution in [2.45, 2.75) is 58.1 Å². The van der Waals surface area contributed by atoms with E-state index in [2.05, 4.69) is 0 Å². The highest BCUT2D eigenvalue weighted by atomic mass is 16.7. The Morgan fingerprint density at radius 3 is 2.63 bits per heavy atom. The fraction of sp³-hybridized carbons (Fsp3) is 0.643. The predicted molar refractivity (Wildman–Crippen MR) is 145 cm³/mol. The molecular formula is C28H40N4O9. The van der Waals surface area contributed by atoms with Crippen molar-refractivity contribution >= 4 is 23.8 Å². The van der Waals surface area contributed by atoms with Gasteiger partial charge in [-0.05, 0) is 37.0 Å². The minimum Gasteiger partial charge on any atom is -0.481 e. The molecule has 2 saturated heterocycles. The van der Waals surface area contributed by atoms with Crippen molar-refractivity contribution < 1.29 is 43.7 Å². The lowest BCUT2D eigenvalue weighted by Gasteiger charge is -2.34. The number of aliphatic carboxylic acids is 1. The van der Waals surface area contributed by atoms with Crippen molar-refractivity contribution in [3.63, 3.8) is 0 Å². The van der Waals surface area contributed by atoms with E-state index in [4.69, 9.17) is 14.3 Å². The van der Waals surface area contributed by atoms with Gasteiger partial charge in [-0.1, -0.05) is 13.8 Å². The van der Waals surface area contributed by atoms with Crippen LogP contribution in [0.2, 0.25) is 0 Å². The number of carboxylic acid groups (broad SMARTS) is 1. The summed E-state index contributed by atoms with van der Waals surface area (Å²) in [6.07, 6.45) is 1.92. The van der Waals surface area contributed by atoms with Crippen molar-refractivity contribution in [1.29, 1.82) is 0 Å². The Morgan fingerprint density at radius 1 is 1.17 bits per heavy atom. The van der Waals surface area contributed by atoms with Crippen LogP contribution >= 0.6 is 0 Å². The van der Waals surface area contributed by atoms with E-state index < -0.39 is 29.9 Å². The number of amides is 4. The molecule has 13 nitrogen and oxygen atoms in total. The van der Waals surface area contributed by atoms with Crippen molar-refractivity contribution in [2.75, 3.05) is 53.2 Å². The van der Waals surface area contributed by atoms with Crippen LogP contribution in [0.1, 0.15) is 56.6 Å². The lowest BCUT2D eigenvalue weighted by atomic mass is 9.83. The van der Waals surface area contributed by atoms with Crippen LogP contribution in [0.4, 0.5) is 4.79 Å². The Morgan fingerprint density at radius 2 is 1.95 bits per heavy atom. The van der Waals surface area contributed by atoms with E-state index in [1.807, 2.05) is 18.7 Å². The number of urea groups is 1. The largest absolute Gasteiger partial charge is 0.481 e. The molecule has 4 amide bonds. The third kappa shape index (κ3) is 6.57. The molecule has 0 aromatic heterocycles. The maximum atomic E-state index is 13.4. The van der Waals surface area contributed by atoms with Crippen molar-refractivity contribution in [1.82, 2.24) is 19.8 Å². The first-order valence-electron chi connectivity index (χ1n) is 14.2. The average molecular weight is 577 g/mol. The van der Waals surface area contributed by atoms with E-state index >= 15 is 0 Å². The standard InChI is InChI=1S/C28H40N4O9/c1-4-8-32(41-11-5-2)24(35)15-31-14-20(18-12-19(16-33)26-22(13-18)39-17-40-26)25(27(36)37)21(31)6-9-30-10-7-23(34)29(3)28(30)38/h12-13,20-21,25,33H,4-11,14-17H2,1-3H3,(H,36,37)/t20-,21+,25-/m1/s1. The number of imide groups is 1. The van der Waals surface area contributed by atoms with E-state index in [1.165, 1.54) is 12.1 Å². The van der Waals surface area contributed by atoms with Crippen LogP contribution in [0, 0.1) is 5.92 Å². The molecule has 3 heterocycles. The Bertz CT molecular complexity index is 1150. The summed E-state index contributed by atoms with van der Waals surface area (Å²) >= 11 is 0. The van der Waals surface area contributed by atoms with Gasteiger partial charge in [-0.3, -0.25) is 29.0 Å². The van der Waals surface area contributed by atoms with Crippen LogP contribution < -0.4 is 9.47 Å². The first-order valence-corrected chi connectivity index (χ1v) is 14.2. The number of carbonyl (C=O) groups is 4. The first kappa shape index (κ1) is 30.5. The summed E-state index contributed by atoms with van der Waals surface area (Å²) in [6, 6.07) is 2.47. The van der Waals surface area contributed by atoms with Gasteiger partial charge in [-0.25, -0.2) is 9.86 Å². The summed E-state index contributed by atoms with van der Waals surface area (Å²) in [5.74, 6) is -2.11. The van der Waals surface area contributed by atoms with Crippen LogP contribution in [-0.4, -0.2) is 113 Å². The first-order chi connectivity index (χ1) is 19.7. The lowest BCUT2D eigenvalue weighted by Crippen LogP contribution is -2.52. The van der Waals surface area contributed by atoms with Gasteiger partial charge < -0.3 is 24.6 Å². The minimum atomic E-state index is -1.02. The second kappa shape index (κ2) is 13.5. The van der Waals surface area contributed by atoms with Gasteiger partial charge in [-0.15, -0.1) is 0 Å². The molecule has 0 radical (unpaired) electrons. The van der Waals surface area contributed by atoms with Gasteiger partial charge in [0.05, 0.1) is 25.7 Å². The highest BCUT2D eigenvalue weighted by Gasteiger charge is 2.48.